The predicted octanol–water partition coefficient (Wildman–Crippen LogP) is 2.01. The van der Waals surface area contributed by atoms with E-state index in [1.165, 1.54) is 50.5 Å². The van der Waals surface area contributed by atoms with Gasteiger partial charge in [-0.15, -0.1) is 0 Å². The summed E-state index contributed by atoms with van der Waals surface area (Å²) in [6.45, 7) is 1.42. The fraction of sp³-hybridized carbons (Fsp3) is 0.280. The van der Waals surface area contributed by atoms with Gasteiger partial charge in [0.2, 0.25) is 5.91 Å². The minimum Gasteiger partial charge on any atom is -0.396 e. The van der Waals surface area contributed by atoms with Gasteiger partial charge < -0.3 is 31.7 Å². The second-order valence-electron chi connectivity index (χ2n) is 9.55. The van der Waals surface area contributed by atoms with Crippen LogP contribution in [-0.2, 0) is 21.5 Å². The summed E-state index contributed by atoms with van der Waals surface area (Å²) in [7, 11) is 0. The zero-order valence-corrected chi connectivity index (χ0v) is 21.6. The Hall–Kier alpha value is -4.86. The smallest absolute Gasteiger partial charge is 0.396 e. The van der Waals surface area contributed by atoms with Crippen molar-refractivity contribution in [3.8, 4) is 0 Å². The van der Waals surface area contributed by atoms with Crippen molar-refractivity contribution in [3.05, 3.63) is 71.1 Å². The zero-order valence-electron chi connectivity index (χ0n) is 21.6. The summed E-state index contributed by atoms with van der Waals surface area (Å²) in [5.41, 5.74) is 6.33. The minimum atomic E-state index is -5.42. The molecule has 0 saturated carbocycles. The molecule has 1 unspecified atom stereocenters. The van der Waals surface area contributed by atoms with E-state index in [9.17, 15) is 32.3 Å². The number of aliphatic hydroxyl groups is 1. The van der Waals surface area contributed by atoms with Crippen LogP contribution in [0.2, 0.25) is 0 Å². The van der Waals surface area contributed by atoms with Crippen LogP contribution in [0.15, 0.2) is 52.2 Å². The summed E-state index contributed by atoms with van der Waals surface area (Å²) < 4.78 is 59.4. The minimum absolute atomic E-state index is 0.0650. The molecule has 41 heavy (non-hydrogen) atoms. The number of alkyl halides is 3. The molecule has 1 atom stereocenters. The molecule has 0 aliphatic carbocycles. The number of halogens is 4. The summed E-state index contributed by atoms with van der Waals surface area (Å²) in [6.07, 6.45) is -2.87. The van der Waals surface area contributed by atoms with Gasteiger partial charge in [-0.2, -0.15) is 13.2 Å². The van der Waals surface area contributed by atoms with Crippen molar-refractivity contribution in [2.75, 3.05) is 17.2 Å². The number of primary amides is 1. The summed E-state index contributed by atoms with van der Waals surface area (Å²) in [5, 5.41) is 18.6. The molecule has 0 fully saturated rings. The van der Waals surface area contributed by atoms with Crippen molar-refractivity contribution in [2.24, 2.45) is 16.5 Å². The number of allylic oxidation sites excluding steroid dienone is 1. The molecular weight excluding hydrogens is 552 g/mol. The fourth-order valence-corrected chi connectivity index (χ4v) is 3.87. The molecule has 216 valence electrons. The molecule has 16 heteroatoms. The van der Waals surface area contributed by atoms with Gasteiger partial charge in [0.25, 0.3) is 11.5 Å². The van der Waals surface area contributed by atoms with Crippen LogP contribution in [0.25, 0.3) is 5.70 Å². The van der Waals surface area contributed by atoms with Gasteiger partial charge in [-0.1, -0.05) is 23.4 Å². The number of hydrogen-bond acceptors (Lipinski definition) is 10. The maximum Gasteiger partial charge on any atom is 0.428 e. The first-order valence-corrected chi connectivity index (χ1v) is 11.9. The third-order valence-corrected chi connectivity index (χ3v) is 6.35. The van der Waals surface area contributed by atoms with Gasteiger partial charge in [0.05, 0.1) is 35.5 Å². The summed E-state index contributed by atoms with van der Waals surface area (Å²) in [4.78, 5) is 36.9. The molecule has 2 aromatic heterocycles. The molecule has 0 bridgehead atoms. The topological polar surface area (TPSA) is 195 Å². The first-order valence-electron chi connectivity index (χ1n) is 11.9. The molecule has 3 heterocycles. The Kier molecular flexibility index (Phi) is 7.54. The van der Waals surface area contributed by atoms with E-state index in [0.717, 1.165) is 0 Å². The van der Waals surface area contributed by atoms with Crippen LogP contribution in [0.1, 0.15) is 36.5 Å². The lowest BCUT2D eigenvalue weighted by Gasteiger charge is -2.28. The summed E-state index contributed by atoms with van der Waals surface area (Å²) >= 11 is 0. The van der Waals surface area contributed by atoms with E-state index in [-0.39, 0.29) is 52.2 Å². The molecule has 0 saturated heterocycles. The highest BCUT2D eigenvalue weighted by Gasteiger charge is 2.59. The molecule has 4 rings (SSSR count). The summed E-state index contributed by atoms with van der Waals surface area (Å²) in [5.74, 6) is -3.72. The zero-order chi connectivity index (χ0) is 30.2. The molecule has 1 aliphatic rings. The third kappa shape index (κ3) is 5.58. The van der Waals surface area contributed by atoms with Gasteiger partial charge in [0, 0.05) is 11.6 Å². The van der Waals surface area contributed by atoms with Crippen molar-refractivity contribution in [2.45, 2.75) is 37.6 Å². The fourth-order valence-electron chi connectivity index (χ4n) is 3.87. The van der Waals surface area contributed by atoms with Crippen LogP contribution in [0.3, 0.4) is 0 Å². The Bertz CT molecular complexity index is 1550. The highest BCUT2D eigenvalue weighted by Crippen LogP contribution is 2.41. The first kappa shape index (κ1) is 29.1. The Labute approximate surface area is 229 Å². The van der Waals surface area contributed by atoms with E-state index in [4.69, 9.17) is 16.0 Å². The van der Waals surface area contributed by atoms with Crippen LogP contribution in [-0.4, -0.2) is 56.1 Å². The van der Waals surface area contributed by atoms with E-state index in [1.807, 2.05) is 0 Å². The number of nitrogens with one attached hydrogen (secondary N) is 2. The first-order chi connectivity index (χ1) is 19.1. The number of carbonyl (C=O) groups is 2. The molecule has 1 aromatic carbocycles. The Morgan fingerprint density at radius 2 is 1.93 bits per heavy atom. The Morgan fingerprint density at radius 3 is 2.54 bits per heavy atom. The van der Waals surface area contributed by atoms with Crippen molar-refractivity contribution >= 4 is 34.9 Å². The molecule has 7 N–H and O–H groups in total. The number of nitrogens with two attached hydrogens (primary N) is 2. The van der Waals surface area contributed by atoms with Gasteiger partial charge >= 0.3 is 6.18 Å². The lowest BCUT2D eigenvalue weighted by Crippen LogP contribution is -2.59. The number of carbonyl (C=O) groups excluding carboxylic acids is 2. The maximum absolute atomic E-state index is 14.1. The lowest BCUT2D eigenvalue weighted by atomic mass is 9.87. The average Bonchev–Trinajstić information content (AvgIpc) is 3.51. The highest BCUT2D eigenvalue weighted by atomic mass is 19.4. The molecule has 0 radical (unpaired) electrons. The number of aromatic nitrogens is 3. The second kappa shape index (κ2) is 10.6. The van der Waals surface area contributed by atoms with Crippen LogP contribution in [0, 0.1) is 5.82 Å². The standard InChI is InChI=1S/C25H24F4N8O4/c1-23(2)17-19(33-11-24(40,21(31)38)25(27,28)29)34-18(35-20(17)36-22(23)39)14(30)9-16(15-7-8-41-37-15)32-10-12-5-3-4-6-13(12)26/h3-9,40H,10-11,30H2,1-2H3,(H2,31,38)(H2,33,34,35,36,39). The normalized spacial score (nSPS) is 16.6. The quantitative estimate of drug-likeness (QED) is 0.187. The van der Waals surface area contributed by atoms with E-state index in [2.05, 4.69) is 30.8 Å². The molecule has 12 nitrogen and oxygen atoms in total. The van der Waals surface area contributed by atoms with Crippen LogP contribution in [0.4, 0.5) is 29.2 Å². The van der Waals surface area contributed by atoms with Crippen molar-refractivity contribution < 1.29 is 36.8 Å². The number of rotatable bonds is 9. The van der Waals surface area contributed by atoms with Crippen LogP contribution in [0.5, 0.6) is 0 Å². The largest absolute Gasteiger partial charge is 0.428 e. The Balaban J connectivity index is 1.77. The Morgan fingerprint density at radius 1 is 1.22 bits per heavy atom. The van der Waals surface area contributed by atoms with Gasteiger partial charge in [-0.25, -0.2) is 14.4 Å². The van der Waals surface area contributed by atoms with Gasteiger partial charge in [-0.05, 0) is 26.0 Å². The van der Waals surface area contributed by atoms with E-state index < -0.39 is 41.4 Å². The average molecular weight is 577 g/mol. The molecule has 1 aliphatic heterocycles. The molecular formula is C25H24F4N8O4. The van der Waals surface area contributed by atoms with Gasteiger partial charge in [0.1, 0.15) is 29.4 Å². The van der Waals surface area contributed by atoms with Crippen LogP contribution < -0.4 is 22.1 Å². The molecule has 2 amide bonds. The summed E-state index contributed by atoms with van der Waals surface area (Å²) in [6, 6.07) is 7.42. The number of fused-ring (bicyclic) bond motifs is 1. The number of amides is 2. The monoisotopic (exact) mass is 576 g/mol. The number of benzene rings is 1. The number of hydrogen-bond donors (Lipinski definition) is 5. The SMILES string of the molecule is CC1(C)C(=O)Nc2nc(C(N)=CC(=NCc3ccccc3F)c3ccon3)nc(NCC(O)(C(N)=O)C(F)(F)F)c21. The number of aliphatic imine (C=N–C) groups is 1. The highest BCUT2D eigenvalue weighted by molar-refractivity contribution is 6.11. The predicted molar refractivity (Wildman–Crippen MR) is 138 cm³/mol. The van der Waals surface area contributed by atoms with Crippen molar-refractivity contribution in [1.82, 2.24) is 15.1 Å². The van der Waals surface area contributed by atoms with Crippen molar-refractivity contribution in [1.29, 1.82) is 0 Å². The number of anilines is 2. The third-order valence-electron chi connectivity index (χ3n) is 6.35. The molecule has 0 spiro atoms. The van der Waals surface area contributed by atoms with Crippen molar-refractivity contribution in [3.63, 3.8) is 0 Å². The van der Waals surface area contributed by atoms with Crippen LogP contribution >= 0.6 is 0 Å². The number of nitrogens with zero attached hydrogens (tertiary/aromatic N) is 4. The van der Waals surface area contributed by atoms with E-state index >= 15 is 0 Å². The van der Waals surface area contributed by atoms with E-state index in [0.29, 0.717) is 0 Å². The van der Waals surface area contributed by atoms with E-state index in [1.54, 1.807) is 6.07 Å². The molecule has 3 aromatic rings. The van der Waals surface area contributed by atoms with Gasteiger partial charge in [0.15, 0.2) is 5.82 Å². The maximum atomic E-state index is 14.1. The lowest BCUT2D eigenvalue weighted by molar-refractivity contribution is -0.245. The second-order valence-corrected chi connectivity index (χ2v) is 9.55. The van der Waals surface area contributed by atoms with Gasteiger partial charge in [-0.3, -0.25) is 14.6 Å².